The minimum atomic E-state index is 0.395. The van der Waals surface area contributed by atoms with Crippen LogP contribution in [0.2, 0.25) is 0 Å². The van der Waals surface area contributed by atoms with Crippen molar-refractivity contribution in [1.29, 1.82) is 0 Å². The van der Waals surface area contributed by atoms with E-state index in [-0.39, 0.29) is 0 Å². The number of hydrogen-bond acceptors (Lipinski definition) is 6. The molecule has 7 heteroatoms. The number of H-pyrrole nitrogens is 1. The van der Waals surface area contributed by atoms with E-state index in [0.29, 0.717) is 18.2 Å². The SMILES string of the molecule is O=COc1ccc2nc(Nc3ccc(Oc4ccncc4)cc3)[nH]c2c1. The van der Waals surface area contributed by atoms with Gasteiger partial charge in [-0.15, -0.1) is 0 Å². The van der Waals surface area contributed by atoms with E-state index in [0.717, 1.165) is 28.2 Å². The maximum atomic E-state index is 10.4. The molecule has 0 saturated carbocycles. The second-order valence-electron chi connectivity index (χ2n) is 5.41. The fraction of sp³-hybridized carbons (Fsp3) is 0. The van der Waals surface area contributed by atoms with Gasteiger partial charge in [-0.2, -0.15) is 0 Å². The van der Waals surface area contributed by atoms with E-state index in [4.69, 9.17) is 9.47 Å². The lowest BCUT2D eigenvalue weighted by Gasteiger charge is -2.07. The van der Waals surface area contributed by atoms with Crippen molar-refractivity contribution >= 4 is 29.1 Å². The van der Waals surface area contributed by atoms with Gasteiger partial charge in [-0.1, -0.05) is 0 Å². The lowest BCUT2D eigenvalue weighted by Crippen LogP contribution is -1.92. The Morgan fingerprint density at radius 1 is 0.923 bits per heavy atom. The maximum Gasteiger partial charge on any atom is 0.298 e. The molecule has 2 aromatic heterocycles. The molecule has 2 heterocycles. The number of aromatic amines is 1. The largest absolute Gasteiger partial charge is 0.457 e. The number of carbonyl (C=O) groups is 1. The fourth-order valence-electron chi connectivity index (χ4n) is 2.46. The third-order valence-electron chi connectivity index (χ3n) is 3.64. The minimum Gasteiger partial charge on any atom is -0.457 e. The van der Waals surface area contributed by atoms with Crippen molar-refractivity contribution in [1.82, 2.24) is 15.0 Å². The van der Waals surface area contributed by atoms with Crippen molar-refractivity contribution in [3.8, 4) is 17.2 Å². The number of ether oxygens (including phenoxy) is 2. The number of benzene rings is 2. The average molecular weight is 346 g/mol. The molecule has 0 atom stereocenters. The summed E-state index contributed by atoms with van der Waals surface area (Å²) in [7, 11) is 0. The number of fused-ring (bicyclic) bond motifs is 1. The van der Waals surface area contributed by atoms with E-state index in [1.54, 1.807) is 42.7 Å². The Kier molecular flexibility index (Phi) is 4.17. The van der Waals surface area contributed by atoms with Gasteiger partial charge >= 0.3 is 0 Å². The lowest BCUT2D eigenvalue weighted by molar-refractivity contribution is -0.120. The van der Waals surface area contributed by atoms with E-state index in [1.807, 2.05) is 24.3 Å². The summed E-state index contributed by atoms with van der Waals surface area (Å²) in [5, 5.41) is 3.19. The quantitative estimate of drug-likeness (QED) is 0.512. The number of rotatable bonds is 6. The molecule has 0 aliphatic carbocycles. The van der Waals surface area contributed by atoms with Gasteiger partial charge in [0.2, 0.25) is 5.95 Å². The molecule has 0 radical (unpaired) electrons. The van der Waals surface area contributed by atoms with Gasteiger partial charge in [-0.05, 0) is 48.5 Å². The minimum absolute atomic E-state index is 0.395. The van der Waals surface area contributed by atoms with Crippen LogP contribution in [0.25, 0.3) is 11.0 Å². The molecule has 26 heavy (non-hydrogen) atoms. The molecule has 0 bridgehead atoms. The van der Waals surface area contributed by atoms with Gasteiger partial charge in [0.05, 0.1) is 11.0 Å². The lowest BCUT2D eigenvalue weighted by atomic mass is 10.3. The zero-order valence-electron chi connectivity index (χ0n) is 13.5. The molecule has 0 spiro atoms. The van der Waals surface area contributed by atoms with Crippen LogP contribution in [-0.2, 0) is 4.79 Å². The number of hydrogen-bond donors (Lipinski definition) is 2. The van der Waals surface area contributed by atoms with Crippen molar-refractivity contribution in [2.75, 3.05) is 5.32 Å². The maximum absolute atomic E-state index is 10.4. The molecule has 4 aromatic rings. The summed E-state index contributed by atoms with van der Waals surface area (Å²) in [4.78, 5) is 22.0. The first-order valence-corrected chi connectivity index (χ1v) is 7.85. The Labute approximate surface area is 148 Å². The van der Waals surface area contributed by atoms with Crippen LogP contribution in [0.1, 0.15) is 0 Å². The van der Waals surface area contributed by atoms with Gasteiger partial charge in [0, 0.05) is 24.1 Å². The van der Waals surface area contributed by atoms with Crippen LogP contribution in [0.3, 0.4) is 0 Å². The number of carbonyl (C=O) groups excluding carboxylic acids is 1. The van der Waals surface area contributed by atoms with Crippen LogP contribution in [0.5, 0.6) is 17.2 Å². The van der Waals surface area contributed by atoms with E-state index in [1.165, 1.54) is 0 Å². The van der Waals surface area contributed by atoms with E-state index >= 15 is 0 Å². The standard InChI is InChI=1S/C19H14N4O3/c24-12-25-16-5-6-17-18(11-16)23-19(22-17)21-13-1-3-14(4-2-13)26-15-7-9-20-10-8-15/h1-12H,(H2,21,22,23). The molecule has 7 nitrogen and oxygen atoms in total. The summed E-state index contributed by atoms with van der Waals surface area (Å²) in [5.74, 6) is 2.50. The van der Waals surface area contributed by atoms with Gasteiger partial charge in [0.15, 0.2) is 0 Å². The zero-order valence-corrected chi connectivity index (χ0v) is 13.5. The fourth-order valence-corrected chi connectivity index (χ4v) is 2.46. The normalized spacial score (nSPS) is 10.5. The summed E-state index contributed by atoms with van der Waals surface area (Å²) < 4.78 is 10.6. The average Bonchev–Trinajstić information content (AvgIpc) is 3.06. The summed E-state index contributed by atoms with van der Waals surface area (Å²) >= 11 is 0. The van der Waals surface area contributed by atoms with E-state index < -0.39 is 0 Å². The molecule has 2 N–H and O–H groups in total. The van der Waals surface area contributed by atoms with Crippen molar-refractivity contribution in [3.05, 3.63) is 67.0 Å². The van der Waals surface area contributed by atoms with Gasteiger partial charge in [-0.25, -0.2) is 4.98 Å². The number of aromatic nitrogens is 3. The topological polar surface area (TPSA) is 89.1 Å². The van der Waals surface area contributed by atoms with Gasteiger partial charge in [0.25, 0.3) is 6.47 Å². The third kappa shape index (κ3) is 3.46. The van der Waals surface area contributed by atoms with Gasteiger partial charge in [-0.3, -0.25) is 9.78 Å². The summed E-state index contributed by atoms with van der Waals surface area (Å²) in [6.07, 6.45) is 3.36. The van der Waals surface area contributed by atoms with Crippen molar-refractivity contribution in [2.24, 2.45) is 0 Å². The molecule has 4 rings (SSSR count). The van der Waals surface area contributed by atoms with Crippen molar-refractivity contribution in [3.63, 3.8) is 0 Å². The Hall–Kier alpha value is -3.87. The Balaban J connectivity index is 1.48. The molecule has 0 amide bonds. The molecular weight excluding hydrogens is 332 g/mol. The molecule has 128 valence electrons. The number of anilines is 2. The first-order valence-electron chi connectivity index (χ1n) is 7.85. The molecule has 2 aromatic carbocycles. The second kappa shape index (κ2) is 6.94. The van der Waals surface area contributed by atoms with E-state index in [2.05, 4.69) is 20.3 Å². The number of nitrogens with one attached hydrogen (secondary N) is 2. The van der Waals surface area contributed by atoms with Crippen LogP contribution < -0.4 is 14.8 Å². The molecule has 0 aliphatic rings. The Morgan fingerprint density at radius 3 is 2.42 bits per heavy atom. The van der Waals surface area contributed by atoms with Crippen molar-refractivity contribution in [2.45, 2.75) is 0 Å². The molecule has 0 saturated heterocycles. The number of pyridine rings is 1. The van der Waals surface area contributed by atoms with Crippen LogP contribution in [0.4, 0.5) is 11.6 Å². The highest BCUT2D eigenvalue weighted by Gasteiger charge is 2.05. The van der Waals surface area contributed by atoms with Gasteiger partial charge < -0.3 is 19.8 Å². The number of imidazole rings is 1. The second-order valence-corrected chi connectivity index (χ2v) is 5.41. The summed E-state index contributed by atoms with van der Waals surface area (Å²) in [5.41, 5.74) is 2.39. The highest BCUT2D eigenvalue weighted by molar-refractivity contribution is 5.80. The molecule has 0 aliphatic heterocycles. The third-order valence-corrected chi connectivity index (χ3v) is 3.64. The summed E-state index contributed by atoms with van der Waals surface area (Å²) in [6.45, 7) is 0.395. The molecule has 0 unspecified atom stereocenters. The first kappa shape index (κ1) is 15.6. The van der Waals surface area contributed by atoms with Crippen LogP contribution in [0, 0.1) is 0 Å². The molecular formula is C19H14N4O3. The van der Waals surface area contributed by atoms with Crippen LogP contribution in [-0.4, -0.2) is 21.4 Å². The first-order chi connectivity index (χ1) is 12.8. The monoisotopic (exact) mass is 346 g/mol. The van der Waals surface area contributed by atoms with Crippen LogP contribution in [0.15, 0.2) is 67.0 Å². The van der Waals surface area contributed by atoms with Crippen LogP contribution >= 0.6 is 0 Å². The predicted molar refractivity (Wildman–Crippen MR) is 96.8 cm³/mol. The Morgan fingerprint density at radius 2 is 1.65 bits per heavy atom. The highest BCUT2D eigenvalue weighted by Crippen LogP contribution is 2.25. The summed E-state index contributed by atoms with van der Waals surface area (Å²) in [6, 6.07) is 16.3. The van der Waals surface area contributed by atoms with Crippen molar-refractivity contribution < 1.29 is 14.3 Å². The predicted octanol–water partition coefficient (Wildman–Crippen LogP) is 4.03. The number of nitrogens with zero attached hydrogens (tertiary/aromatic N) is 2. The zero-order chi connectivity index (χ0) is 17.8. The highest BCUT2D eigenvalue weighted by atomic mass is 16.5. The Bertz CT molecular complexity index is 1030. The smallest absolute Gasteiger partial charge is 0.298 e. The van der Waals surface area contributed by atoms with E-state index in [9.17, 15) is 4.79 Å². The van der Waals surface area contributed by atoms with Gasteiger partial charge in [0.1, 0.15) is 17.2 Å². The molecule has 0 fully saturated rings.